The Morgan fingerprint density at radius 1 is 0.854 bits per heavy atom. The highest BCUT2D eigenvalue weighted by molar-refractivity contribution is 4.87. The van der Waals surface area contributed by atoms with Gasteiger partial charge in [-0.15, -0.1) is 0 Å². The van der Waals surface area contributed by atoms with Gasteiger partial charge < -0.3 is 35.1 Å². The number of likely N-dealkylation sites (N-methyl/N-ethyl adjacent to an activating group) is 1. The number of likely N-dealkylation sites (tertiary alicyclic amines) is 1. The van der Waals surface area contributed by atoms with Crippen molar-refractivity contribution in [1.29, 1.82) is 0 Å². The molecule has 2 saturated heterocycles. The van der Waals surface area contributed by atoms with Gasteiger partial charge in [0.15, 0.2) is 0 Å². The van der Waals surface area contributed by atoms with Crippen molar-refractivity contribution in [3.8, 4) is 0 Å². The van der Waals surface area contributed by atoms with E-state index in [9.17, 15) is 0 Å². The summed E-state index contributed by atoms with van der Waals surface area (Å²) < 4.78 is 17.0. The standard InChI is InChI=1S/C16H35N3O2.C16H35N3O.3H2/c1-4-6-17-7-9-20-11-12-21-10-8-19-13-16(14-19)18-15(3)5-2;1-14(2)10-17-6-7-19-8-9-20-16(13-19)12-18(5)11-15(3)4;;;/h15-18H,4-14H2,1-3H3;14-17H,6-13H2,1-5H3;3*1H/t;16-;;;/m.1.../s1. The van der Waals surface area contributed by atoms with Crippen molar-refractivity contribution < 1.29 is 18.5 Å². The van der Waals surface area contributed by atoms with Crippen LogP contribution >= 0.6 is 0 Å². The van der Waals surface area contributed by atoms with Crippen LogP contribution < -0.4 is 16.0 Å². The van der Waals surface area contributed by atoms with Gasteiger partial charge in [-0.1, -0.05) is 41.5 Å². The molecule has 252 valence electrons. The van der Waals surface area contributed by atoms with Crippen molar-refractivity contribution >= 4 is 0 Å². The lowest BCUT2D eigenvalue weighted by Gasteiger charge is -2.41. The zero-order chi connectivity index (χ0) is 30.3. The minimum absolute atomic E-state index is 0. The van der Waals surface area contributed by atoms with Crippen LogP contribution in [-0.4, -0.2) is 152 Å². The first kappa shape index (κ1) is 38.7. The maximum Gasteiger partial charge on any atom is 0.0829 e. The highest BCUT2D eigenvalue weighted by atomic mass is 16.5. The predicted molar refractivity (Wildman–Crippen MR) is 180 cm³/mol. The lowest BCUT2D eigenvalue weighted by atomic mass is 10.1. The zero-order valence-electron chi connectivity index (χ0n) is 28.4. The Hall–Kier alpha value is -0.360. The van der Waals surface area contributed by atoms with E-state index in [4.69, 9.17) is 14.2 Å². The van der Waals surface area contributed by atoms with Crippen LogP contribution in [0.2, 0.25) is 0 Å². The van der Waals surface area contributed by atoms with Crippen LogP contribution in [0.15, 0.2) is 0 Å². The van der Waals surface area contributed by atoms with Crippen molar-refractivity contribution in [2.24, 2.45) is 11.8 Å². The van der Waals surface area contributed by atoms with Gasteiger partial charge in [-0.25, -0.2) is 0 Å². The van der Waals surface area contributed by atoms with Crippen LogP contribution in [0.5, 0.6) is 0 Å². The van der Waals surface area contributed by atoms with Gasteiger partial charge in [-0.3, -0.25) is 9.80 Å². The average Bonchev–Trinajstić information content (AvgIpc) is 2.90. The molecule has 9 heteroatoms. The van der Waals surface area contributed by atoms with Crippen molar-refractivity contribution in [2.45, 2.75) is 79.5 Å². The first-order valence-electron chi connectivity index (χ1n) is 16.8. The molecule has 2 aliphatic rings. The van der Waals surface area contributed by atoms with Gasteiger partial charge in [0.25, 0.3) is 0 Å². The van der Waals surface area contributed by atoms with Crippen molar-refractivity contribution in [1.82, 2.24) is 30.7 Å². The zero-order valence-corrected chi connectivity index (χ0v) is 28.4. The minimum Gasteiger partial charge on any atom is -0.378 e. The summed E-state index contributed by atoms with van der Waals surface area (Å²) in [6.07, 6.45) is 2.75. The van der Waals surface area contributed by atoms with Crippen LogP contribution in [0.3, 0.4) is 0 Å². The Morgan fingerprint density at radius 3 is 2.24 bits per heavy atom. The molecule has 2 heterocycles. The third-order valence-electron chi connectivity index (χ3n) is 7.44. The largest absolute Gasteiger partial charge is 0.378 e. The molecule has 0 aromatic rings. The van der Waals surface area contributed by atoms with Crippen LogP contribution in [0.1, 0.15) is 65.6 Å². The summed E-state index contributed by atoms with van der Waals surface area (Å²) in [4.78, 5) is 7.37. The maximum atomic E-state index is 5.90. The Bertz CT molecular complexity index is 595. The van der Waals surface area contributed by atoms with Crippen molar-refractivity contribution in [3.05, 3.63) is 0 Å². The number of morpholine rings is 1. The molecule has 41 heavy (non-hydrogen) atoms. The molecule has 2 rings (SSSR count). The molecule has 0 aromatic carbocycles. The first-order valence-corrected chi connectivity index (χ1v) is 16.8. The lowest BCUT2D eigenvalue weighted by molar-refractivity contribution is -0.0409. The molecule has 0 radical (unpaired) electrons. The second-order valence-corrected chi connectivity index (χ2v) is 12.9. The Labute approximate surface area is 259 Å². The highest BCUT2D eigenvalue weighted by Gasteiger charge is 2.26. The molecule has 2 fully saturated rings. The molecule has 0 aromatic heterocycles. The topological polar surface area (TPSA) is 73.5 Å². The summed E-state index contributed by atoms with van der Waals surface area (Å²) in [5, 5.41) is 10.5. The van der Waals surface area contributed by atoms with Gasteiger partial charge in [0.2, 0.25) is 0 Å². The van der Waals surface area contributed by atoms with E-state index < -0.39 is 0 Å². The average molecular weight is 593 g/mol. The van der Waals surface area contributed by atoms with E-state index in [1.807, 2.05) is 0 Å². The van der Waals surface area contributed by atoms with Crippen molar-refractivity contribution in [2.75, 3.05) is 119 Å². The van der Waals surface area contributed by atoms with Crippen molar-refractivity contribution in [3.63, 3.8) is 0 Å². The second-order valence-electron chi connectivity index (χ2n) is 12.9. The monoisotopic (exact) mass is 593 g/mol. The van der Waals surface area contributed by atoms with Gasteiger partial charge >= 0.3 is 0 Å². The Kier molecular flexibility index (Phi) is 23.6. The fourth-order valence-electron chi connectivity index (χ4n) is 5.11. The summed E-state index contributed by atoms with van der Waals surface area (Å²) in [7, 11) is 2.20. The van der Waals surface area contributed by atoms with Crippen LogP contribution in [0.4, 0.5) is 0 Å². The molecule has 0 aliphatic carbocycles. The maximum absolute atomic E-state index is 5.90. The minimum atomic E-state index is 0. The molecule has 9 nitrogen and oxygen atoms in total. The Morgan fingerprint density at radius 2 is 1.59 bits per heavy atom. The SMILES string of the molecule is CC(C)CNCCN1CCO[C@H](CN(C)CC(C)C)C1.CCCNCCOCCOCCN1CC(NC(C)CC)C1.[HH].[HH].[HH]. The number of hydrogen-bond acceptors (Lipinski definition) is 9. The number of nitrogens with zero attached hydrogens (tertiary/aromatic N) is 3. The summed E-state index contributed by atoms with van der Waals surface area (Å²) in [5.74, 6) is 1.46. The van der Waals surface area contributed by atoms with Gasteiger partial charge in [-0.05, 0) is 51.7 Å². The molecule has 3 N–H and O–H groups in total. The summed E-state index contributed by atoms with van der Waals surface area (Å²) in [5.41, 5.74) is 0. The van der Waals surface area contributed by atoms with Gasteiger partial charge in [-0.2, -0.15) is 0 Å². The summed E-state index contributed by atoms with van der Waals surface area (Å²) in [6.45, 7) is 32.6. The van der Waals surface area contributed by atoms with E-state index in [0.29, 0.717) is 31.4 Å². The summed E-state index contributed by atoms with van der Waals surface area (Å²) in [6, 6.07) is 1.32. The molecule has 0 spiro atoms. The molecular weight excluding hydrogens is 516 g/mol. The number of nitrogens with one attached hydrogen (secondary N) is 3. The van der Waals surface area contributed by atoms with Gasteiger partial charge in [0.1, 0.15) is 0 Å². The second kappa shape index (κ2) is 25.0. The van der Waals surface area contributed by atoms with E-state index in [1.54, 1.807) is 0 Å². The fourth-order valence-corrected chi connectivity index (χ4v) is 5.11. The van der Waals surface area contributed by atoms with E-state index in [-0.39, 0.29) is 4.28 Å². The predicted octanol–water partition coefficient (Wildman–Crippen LogP) is 3.35. The van der Waals surface area contributed by atoms with Crippen LogP contribution in [-0.2, 0) is 14.2 Å². The highest BCUT2D eigenvalue weighted by Crippen LogP contribution is 2.09. The molecular formula is C32H76N6O3. The van der Waals surface area contributed by atoms with E-state index in [2.05, 4.69) is 86.2 Å². The first-order chi connectivity index (χ1) is 19.7. The van der Waals surface area contributed by atoms with E-state index in [1.165, 1.54) is 12.8 Å². The third-order valence-corrected chi connectivity index (χ3v) is 7.44. The normalized spacial score (nSPS) is 19.5. The smallest absolute Gasteiger partial charge is 0.0829 e. The molecule has 0 bridgehead atoms. The quantitative estimate of drug-likeness (QED) is 0.155. The third kappa shape index (κ3) is 21.9. The lowest BCUT2D eigenvalue weighted by Crippen LogP contribution is -2.60. The Balaban J connectivity index is -0.000000716. The van der Waals surface area contributed by atoms with Crippen LogP contribution in [0, 0.1) is 11.8 Å². The number of rotatable bonds is 23. The summed E-state index contributed by atoms with van der Waals surface area (Å²) >= 11 is 0. The molecule has 2 aliphatic heterocycles. The van der Waals surface area contributed by atoms with Crippen LogP contribution in [0.25, 0.3) is 0 Å². The molecule has 0 amide bonds. The molecule has 0 saturated carbocycles. The van der Waals surface area contributed by atoms with E-state index >= 15 is 0 Å². The van der Waals surface area contributed by atoms with E-state index in [0.717, 1.165) is 110 Å². The van der Waals surface area contributed by atoms with Gasteiger partial charge in [0, 0.05) is 81.8 Å². The molecule has 2 atom stereocenters. The molecule has 1 unspecified atom stereocenters. The fraction of sp³-hybridized carbons (Fsp3) is 1.00. The number of hydrogen-bond donors (Lipinski definition) is 3. The number of ether oxygens (including phenoxy) is 3. The van der Waals surface area contributed by atoms with Gasteiger partial charge in [0.05, 0.1) is 39.1 Å².